The molecule has 0 radical (unpaired) electrons. The fourth-order valence-corrected chi connectivity index (χ4v) is 3.70. The smallest absolute Gasteiger partial charge is 0.253 e. The second-order valence-electron chi connectivity index (χ2n) is 6.52. The maximum Gasteiger partial charge on any atom is 0.253 e. The predicted octanol–water partition coefficient (Wildman–Crippen LogP) is 2.93. The van der Waals surface area contributed by atoms with Crippen LogP contribution in [0.4, 0.5) is 9.52 Å². The largest absolute Gasteiger partial charge is 0.347 e. The van der Waals surface area contributed by atoms with Crippen LogP contribution in [0.3, 0.4) is 0 Å². The van der Waals surface area contributed by atoms with Crippen LogP contribution in [0.15, 0.2) is 49.1 Å². The maximum absolute atomic E-state index is 13.2. The average Bonchev–Trinajstić information content (AvgIpc) is 3.39. The Morgan fingerprint density at radius 2 is 1.93 bits per heavy atom. The van der Waals surface area contributed by atoms with Crippen LogP contribution in [0.2, 0.25) is 0 Å². The highest BCUT2D eigenvalue weighted by atomic mass is 32.1. The number of hydrogen-bond acceptors (Lipinski definition) is 6. The molecule has 3 heterocycles. The van der Waals surface area contributed by atoms with E-state index >= 15 is 0 Å². The molecule has 0 unspecified atom stereocenters. The number of benzene rings is 1. The van der Waals surface area contributed by atoms with Crippen LogP contribution < -0.4 is 10.2 Å². The summed E-state index contributed by atoms with van der Waals surface area (Å²) in [6.07, 6.45) is 6.30. The third kappa shape index (κ3) is 3.77. The topological polar surface area (TPSA) is 93.0 Å². The van der Waals surface area contributed by atoms with E-state index in [-0.39, 0.29) is 24.2 Å². The number of halogens is 1. The molecule has 2 amide bonds. The summed E-state index contributed by atoms with van der Waals surface area (Å²) in [7, 11) is 1.65. The summed E-state index contributed by atoms with van der Waals surface area (Å²) in [5.74, 6) is -0.758. The van der Waals surface area contributed by atoms with Crippen LogP contribution in [-0.2, 0) is 11.3 Å². The molecule has 0 aliphatic rings. The number of anilines is 1. The molecule has 1 N–H and O–H groups in total. The lowest BCUT2D eigenvalue weighted by molar-refractivity contribution is -0.116. The first-order valence-corrected chi connectivity index (χ1v) is 9.80. The molecule has 152 valence electrons. The highest BCUT2D eigenvalue weighted by Crippen LogP contribution is 2.23. The van der Waals surface area contributed by atoms with Crippen molar-refractivity contribution in [3.8, 4) is 5.69 Å². The first-order valence-electron chi connectivity index (χ1n) is 8.99. The summed E-state index contributed by atoms with van der Waals surface area (Å²) in [5, 5.41) is 8.37. The van der Waals surface area contributed by atoms with Crippen molar-refractivity contribution in [2.24, 2.45) is 0 Å². The van der Waals surface area contributed by atoms with Crippen LogP contribution in [-0.4, -0.2) is 38.6 Å². The Labute approximate surface area is 175 Å². The minimum atomic E-state index is -0.339. The minimum absolute atomic E-state index is 0.115. The molecule has 4 aromatic rings. The first-order chi connectivity index (χ1) is 14.4. The molecule has 10 heteroatoms. The molecule has 4 rings (SSSR count). The molecule has 0 bridgehead atoms. The summed E-state index contributed by atoms with van der Waals surface area (Å²) >= 11 is 1.33. The molecule has 0 spiro atoms. The number of nitrogens with zero attached hydrogens (tertiary/aromatic N) is 5. The minimum Gasteiger partial charge on any atom is -0.347 e. The van der Waals surface area contributed by atoms with E-state index in [1.54, 1.807) is 42.5 Å². The Morgan fingerprint density at radius 3 is 2.67 bits per heavy atom. The third-order valence-corrected chi connectivity index (χ3v) is 5.61. The van der Waals surface area contributed by atoms with E-state index in [0.29, 0.717) is 27.3 Å². The Hall–Kier alpha value is -3.66. The van der Waals surface area contributed by atoms with Gasteiger partial charge in [0.1, 0.15) is 5.82 Å². The van der Waals surface area contributed by atoms with E-state index < -0.39 is 0 Å². The second-order valence-corrected chi connectivity index (χ2v) is 7.62. The number of nitrogens with one attached hydrogen (secondary N) is 1. The van der Waals surface area contributed by atoms with Crippen molar-refractivity contribution in [1.82, 2.24) is 25.1 Å². The Balaban J connectivity index is 1.54. The van der Waals surface area contributed by atoms with Gasteiger partial charge in [-0.2, -0.15) is 5.10 Å². The Bertz CT molecular complexity index is 1230. The molecule has 0 saturated heterocycles. The van der Waals surface area contributed by atoms with Crippen LogP contribution in [0, 0.1) is 5.82 Å². The average molecular weight is 424 g/mol. The zero-order valence-electron chi connectivity index (χ0n) is 16.2. The van der Waals surface area contributed by atoms with E-state index in [4.69, 9.17) is 0 Å². The summed E-state index contributed by atoms with van der Waals surface area (Å²) in [6.45, 7) is 1.73. The van der Waals surface area contributed by atoms with E-state index in [2.05, 4.69) is 20.4 Å². The molecular formula is C20H17FN6O2S. The van der Waals surface area contributed by atoms with Crippen molar-refractivity contribution in [2.75, 3.05) is 11.9 Å². The standard InChI is InChI=1S/C20H17FN6O2S/c1-12(28)26(2)20-24-8-15(30-20)7-23-19(29)17-9-22-11-18-16(17)10-25-27(18)14-5-3-13(21)4-6-14/h3-6,8-11H,7H2,1-2H3,(H,23,29). The number of pyridine rings is 1. The molecule has 0 atom stereocenters. The van der Waals surface area contributed by atoms with Gasteiger partial charge in [-0.3, -0.25) is 19.5 Å². The van der Waals surface area contributed by atoms with Gasteiger partial charge >= 0.3 is 0 Å². The van der Waals surface area contributed by atoms with Crippen LogP contribution in [0.25, 0.3) is 16.6 Å². The zero-order chi connectivity index (χ0) is 21.3. The lowest BCUT2D eigenvalue weighted by Gasteiger charge is -2.09. The van der Waals surface area contributed by atoms with E-state index in [0.717, 1.165) is 4.88 Å². The lowest BCUT2D eigenvalue weighted by atomic mass is 10.2. The van der Waals surface area contributed by atoms with Crippen LogP contribution in [0.1, 0.15) is 22.2 Å². The second kappa shape index (κ2) is 7.99. The van der Waals surface area contributed by atoms with Crippen molar-refractivity contribution < 1.29 is 14.0 Å². The highest BCUT2D eigenvalue weighted by Gasteiger charge is 2.16. The third-order valence-electron chi connectivity index (χ3n) is 4.54. The summed E-state index contributed by atoms with van der Waals surface area (Å²) < 4.78 is 14.8. The van der Waals surface area contributed by atoms with E-state index in [9.17, 15) is 14.0 Å². The van der Waals surface area contributed by atoms with Crippen LogP contribution in [0.5, 0.6) is 0 Å². The molecule has 3 aromatic heterocycles. The van der Waals surface area contributed by atoms with Gasteiger partial charge in [-0.05, 0) is 24.3 Å². The van der Waals surface area contributed by atoms with Gasteiger partial charge in [0.15, 0.2) is 5.13 Å². The molecule has 0 aliphatic heterocycles. The van der Waals surface area contributed by atoms with Gasteiger partial charge < -0.3 is 5.32 Å². The number of carbonyl (C=O) groups excluding carboxylic acids is 2. The number of rotatable bonds is 5. The normalized spacial score (nSPS) is 10.9. The summed E-state index contributed by atoms with van der Waals surface area (Å²) in [5.41, 5.74) is 1.68. The monoisotopic (exact) mass is 424 g/mol. The molecule has 0 fully saturated rings. The van der Waals surface area contributed by atoms with Gasteiger partial charge in [0.2, 0.25) is 5.91 Å². The highest BCUT2D eigenvalue weighted by molar-refractivity contribution is 7.15. The molecule has 1 aromatic carbocycles. The summed E-state index contributed by atoms with van der Waals surface area (Å²) in [4.78, 5) is 34.8. The number of aromatic nitrogens is 4. The van der Waals surface area contributed by atoms with Gasteiger partial charge in [-0.15, -0.1) is 0 Å². The van der Waals surface area contributed by atoms with Crippen LogP contribution >= 0.6 is 11.3 Å². The van der Waals surface area contributed by atoms with Gasteiger partial charge in [0, 0.05) is 36.6 Å². The van der Waals surface area contributed by atoms with Gasteiger partial charge in [-0.1, -0.05) is 11.3 Å². The Kier molecular flexibility index (Phi) is 5.23. The molecule has 30 heavy (non-hydrogen) atoms. The fourth-order valence-electron chi connectivity index (χ4n) is 2.84. The maximum atomic E-state index is 13.2. The molecule has 0 saturated carbocycles. The number of carbonyl (C=O) groups is 2. The first kappa shape index (κ1) is 19.6. The van der Waals surface area contributed by atoms with Crippen molar-refractivity contribution in [2.45, 2.75) is 13.5 Å². The number of amides is 2. The molecular weight excluding hydrogens is 407 g/mol. The lowest BCUT2D eigenvalue weighted by Crippen LogP contribution is -2.23. The molecule has 0 aliphatic carbocycles. The van der Waals surface area contributed by atoms with Crippen molar-refractivity contribution in [3.63, 3.8) is 0 Å². The van der Waals surface area contributed by atoms with Crippen molar-refractivity contribution >= 4 is 39.2 Å². The van der Waals surface area contributed by atoms with Gasteiger partial charge in [0.25, 0.3) is 5.91 Å². The number of thiazole rings is 1. The van der Waals surface area contributed by atoms with Crippen molar-refractivity contribution in [1.29, 1.82) is 0 Å². The molecule has 8 nitrogen and oxygen atoms in total. The van der Waals surface area contributed by atoms with E-state index in [1.165, 1.54) is 41.5 Å². The predicted molar refractivity (Wildman–Crippen MR) is 111 cm³/mol. The van der Waals surface area contributed by atoms with Gasteiger partial charge in [0.05, 0.1) is 35.7 Å². The zero-order valence-corrected chi connectivity index (χ0v) is 17.0. The number of hydrogen-bond donors (Lipinski definition) is 1. The summed E-state index contributed by atoms with van der Waals surface area (Å²) in [6, 6.07) is 5.90. The number of fused-ring (bicyclic) bond motifs is 1. The Morgan fingerprint density at radius 1 is 1.17 bits per heavy atom. The van der Waals surface area contributed by atoms with Gasteiger partial charge in [-0.25, -0.2) is 14.1 Å². The quantitative estimate of drug-likeness (QED) is 0.532. The fraction of sp³-hybridized carbons (Fsp3) is 0.150. The van der Waals surface area contributed by atoms with E-state index in [1.807, 2.05) is 0 Å². The van der Waals surface area contributed by atoms with Crippen molar-refractivity contribution in [3.05, 3.63) is 65.3 Å². The SMILES string of the molecule is CC(=O)N(C)c1ncc(CNC(=O)c2cncc3c2cnn3-c2ccc(F)cc2)s1.